The number of hydrogen-bond donors (Lipinski definition) is 0. The summed E-state index contributed by atoms with van der Waals surface area (Å²) in [6.45, 7) is 0. The fraction of sp³-hybridized carbons (Fsp3) is 0.250. The second kappa shape index (κ2) is 4.16. The van der Waals surface area contributed by atoms with E-state index in [-0.39, 0.29) is 4.90 Å². The van der Waals surface area contributed by atoms with Crippen LogP contribution < -0.4 is 0 Å². The van der Waals surface area contributed by atoms with E-state index in [2.05, 4.69) is 0 Å². The minimum absolute atomic E-state index is 0.0696. The summed E-state index contributed by atoms with van der Waals surface area (Å²) < 4.78 is 60.2. The van der Waals surface area contributed by atoms with Crippen LogP contribution >= 0.6 is 11.8 Å². The summed E-state index contributed by atoms with van der Waals surface area (Å²) >= 11 is 0.351. The van der Waals surface area contributed by atoms with E-state index in [9.17, 15) is 22.0 Å². The van der Waals surface area contributed by atoms with E-state index in [0.717, 1.165) is 12.1 Å². The van der Waals surface area contributed by atoms with E-state index in [1.807, 2.05) is 0 Å². The van der Waals surface area contributed by atoms with E-state index >= 15 is 0 Å². The van der Waals surface area contributed by atoms with Crippen molar-refractivity contribution in [3.63, 3.8) is 0 Å². The molecular formula is C8H5F5S. The van der Waals surface area contributed by atoms with Crippen LogP contribution in [0.15, 0.2) is 23.1 Å². The Kier molecular flexibility index (Phi) is 3.36. The maximum atomic E-state index is 12.5. The van der Waals surface area contributed by atoms with Crippen molar-refractivity contribution < 1.29 is 22.0 Å². The van der Waals surface area contributed by atoms with Crippen molar-refractivity contribution in [2.75, 3.05) is 5.75 Å². The molecule has 78 valence electrons. The molecule has 0 radical (unpaired) electrons. The molecule has 0 nitrogen and oxygen atoms in total. The van der Waals surface area contributed by atoms with Crippen LogP contribution in [0.1, 0.15) is 0 Å². The topological polar surface area (TPSA) is 0 Å². The van der Waals surface area contributed by atoms with Crippen LogP contribution in [0.4, 0.5) is 22.0 Å². The SMILES string of the molecule is Fc1cc(F)cc(SCC(F)(F)F)c1. The Bertz CT molecular complexity index is 300. The first kappa shape index (κ1) is 11.3. The molecule has 1 aromatic rings. The van der Waals surface area contributed by atoms with E-state index in [1.54, 1.807) is 0 Å². The lowest BCUT2D eigenvalue weighted by Gasteiger charge is -2.05. The first-order valence-electron chi connectivity index (χ1n) is 3.52. The van der Waals surface area contributed by atoms with Crippen LogP contribution in [-0.4, -0.2) is 11.9 Å². The fourth-order valence-corrected chi connectivity index (χ4v) is 1.50. The summed E-state index contributed by atoms with van der Waals surface area (Å²) in [5.41, 5.74) is 0. The third-order valence-electron chi connectivity index (χ3n) is 1.24. The van der Waals surface area contributed by atoms with Gasteiger partial charge < -0.3 is 0 Å². The molecule has 0 N–H and O–H groups in total. The summed E-state index contributed by atoms with van der Waals surface area (Å²) in [5, 5.41) is 0. The minimum Gasteiger partial charge on any atom is -0.207 e. The average Bonchev–Trinajstić information content (AvgIpc) is 1.97. The number of halogens is 5. The van der Waals surface area contributed by atoms with Gasteiger partial charge in [0.25, 0.3) is 0 Å². The van der Waals surface area contributed by atoms with Crippen molar-refractivity contribution in [3.8, 4) is 0 Å². The number of hydrogen-bond acceptors (Lipinski definition) is 1. The summed E-state index contributed by atoms with van der Waals surface area (Å²) in [4.78, 5) is -0.0696. The van der Waals surface area contributed by atoms with Gasteiger partial charge in [0.1, 0.15) is 11.6 Å². The third-order valence-corrected chi connectivity index (χ3v) is 2.28. The zero-order valence-corrected chi connectivity index (χ0v) is 7.55. The molecule has 0 saturated heterocycles. The number of thioether (sulfide) groups is 1. The Hall–Kier alpha value is -0.780. The molecule has 0 aromatic heterocycles. The largest absolute Gasteiger partial charge is 0.398 e. The minimum atomic E-state index is -4.34. The zero-order chi connectivity index (χ0) is 10.8. The lowest BCUT2D eigenvalue weighted by atomic mass is 10.3. The maximum Gasteiger partial charge on any atom is 0.398 e. The molecule has 0 spiro atoms. The van der Waals surface area contributed by atoms with Crippen LogP contribution in [0, 0.1) is 11.6 Å². The van der Waals surface area contributed by atoms with Gasteiger partial charge in [0, 0.05) is 11.0 Å². The van der Waals surface area contributed by atoms with Gasteiger partial charge in [-0.25, -0.2) is 8.78 Å². The molecule has 0 heterocycles. The molecule has 14 heavy (non-hydrogen) atoms. The molecule has 0 fully saturated rings. The Morgan fingerprint density at radius 1 is 1.00 bits per heavy atom. The molecule has 6 heteroatoms. The Morgan fingerprint density at radius 3 is 1.93 bits per heavy atom. The van der Waals surface area contributed by atoms with Crippen LogP contribution in [0.5, 0.6) is 0 Å². The number of rotatable bonds is 2. The van der Waals surface area contributed by atoms with Crippen LogP contribution in [0.3, 0.4) is 0 Å². The second-order valence-electron chi connectivity index (χ2n) is 2.51. The van der Waals surface area contributed by atoms with Crippen molar-refractivity contribution >= 4 is 11.8 Å². The molecule has 1 aromatic carbocycles. The van der Waals surface area contributed by atoms with Gasteiger partial charge >= 0.3 is 6.18 Å². The summed E-state index contributed by atoms with van der Waals surface area (Å²) in [6, 6.07) is 2.33. The second-order valence-corrected chi connectivity index (χ2v) is 3.56. The summed E-state index contributed by atoms with van der Waals surface area (Å²) in [5.74, 6) is -2.92. The van der Waals surface area contributed by atoms with Gasteiger partial charge in [0.05, 0.1) is 5.75 Å². The molecule has 0 amide bonds. The molecule has 1 rings (SSSR count). The molecule has 0 aliphatic heterocycles. The van der Waals surface area contributed by atoms with Gasteiger partial charge in [-0.1, -0.05) is 0 Å². The van der Waals surface area contributed by atoms with Crippen molar-refractivity contribution in [3.05, 3.63) is 29.8 Å². The highest BCUT2D eigenvalue weighted by molar-refractivity contribution is 7.99. The molecular weight excluding hydrogens is 223 g/mol. The van der Waals surface area contributed by atoms with Gasteiger partial charge in [0.15, 0.2) is 0 Å². The molecule has 0 aliphatic rings. The van der Waals surface area contributed by atoms with E-state index in [4.69, 9.17) is 0 Å². The lowest BCUT2D eigenvalue weighted by molar-refractivity contribution is -0.105. The van der Waals surface area contributed by atoms with Gasteiger partial charge in [0.2, 0.25) is 0 Å². The zero-order valence-electron chi connectivity index (χ0n) is 6.74. The highest BCUT2D eigenvalue weighted by atomic mass is 32.2. The van der Waals surface area contributed by atoms with Gasteiger partial charge in [-0.3, -0.25) is 0 Å². The fourth-order valence-electron chi connectivity index (χ4n) is 0.777. The monoisotopic (exact) mass is 228 g/mol. The van der Waals surface area contributed by atoms with Crippen molar-refractivity contribution in [2.24, 2.45) is 0 Å². The molecule has 0 aliphatic carbocycles. The highest BCUT2D eigenvalue weighted by Gasteiger charge is 2.27. The van der Waals surface area contributed by atoms with Crippen molar-refractivity contribution in [1.29, 1.82) is 0 Å². The Balaban J connectivity index is 2.68. The molecule has 0 saturated carbocycles. The lowest BCUT2D eigenvalue weighted by Crippen LogP contribution is -2.10. The molecule has 0 unspecified atom stereocenters. The number of alkyl halides is 3. The standard InChI is InChI=1S/C8H5F5S/c9-5-1-6(10)3-7(2-5)14-4-8(11,12)13/h1-3H,4H2. The predicted molar refractivity (Wildman–Crippen MR) is 43.1 cm³/mol. The van der Waals surface area contributed by atoms with Crippen molar-refractivity contribution in [2.45, 2.75) is 11.1 Å². The van der Waals surface area contributed by atoms with Gasteiger partial charge in [-0.05, 0) is 12.1 Å². The normalized spacial score (nSPS) is 11.8. The van der Waals surface area contributed by atoms with E-state index < -0.39 is 23.6 Å². The third kappa shape index (κ3) is 3.95. The van der Waals surface area contributed by atoms with Crippen LogP contribution in [-0.2, 0) is 0 Å². The quantitative estimate of drug-likeness (QED) is 0.550. The molecule has 0 bridgehead atoms. The Morgan fingerprint density at radius 2 is 1.50 bits per heavy atom. The summed E-state index contributed by atoms with van der Waals surface area (Å²) in [7, 11) is 0. The Labute approximate surface area is 81.1 Å². The summed E-state index contributed by atoms with van der Waals surface area (Å²) in [6.07, 6.45) is -4.34. The average molecular weight is 228 g/mol. The van der Waals surface area contributed by atoms with Crippen LogP contribution in [0.25, 0.3) is 0 Å². The smallest absolute Gasteiger partial charge is 0.207 e. The van der Waals surface area contributed by atoms with Gasteiger partial charge in [-0.2, -0.15) is 13.2 Å². The first-order chi connectivity index (χ1) is 6.37. The van der Waals surface area contributed by atoms with Crippen LogP contribution in [0.2, 0.25) is 0 Å². The van der Waals surface area contributed by atoms with E-state index in [1.165, 1.54) is 0 Å². The predicted octanol–water partition coefficient (Wildman–Crippen LogP) is 3.62. The molecule has 0 atom stereocenters. The van der Waals surface area contributed by atoms with Gasteiger partial charge in [-0.15, -0.1) is 11.8 Å². The maximum absolute atomic E-state index is 12.5. The van der Waals surface area contributed by atoms with E-state index in [0.29, 0.717) is 17.8 Å². The number of benzene rings is 1. The van der Waals surface area contributed by atoms with Crippen molar-refractivity contribution in [1.82, 2.24) is 0 Å². The first-order valence-corrected chi connectivity index (χ1v) is 4.51. The highest BCUT2D eigenvalue weighted by Crippen LogP contribution is 2.27.